The highest BCUT2D eigenvalue weighted by atomic mass is 35.5. The molecule has 264 valence electrons. The van der Waals surface area contributed by atoms with Gasteiger partial charge in [0.2, 0.25) is 18.0 Å². The summed E-state index contributed by atoms with van der Waals surface area (Å²) in [5.74, 6) is -2.15. The SMILES string of the molecule is CCCC[C@H](C(N)=O)[C@@H](CC1CCCC1)C(=O)NC1N=C(c2ccccc2)c2ccccc2N(Cc2cccc(-c3ccc(Cl)cc3Cl)c2)C1=O. The van der Waals surface area contributed by atoms with E-state index in [0.717, 1.165) is 66.3 Å². The molecule has 1 aliphatic heterocycles. The van der Waals surface area contributed by atoms with E-state index >= 15 is 0 Å². The number of fused-ring (bicyclic) bond motifs is 1. The molecule has 0 aromatic heterocycles. The number of benzene rings is 4. The first-order valence-corrected chi connectivity index (χ1v) is 18.7. The smallest absolute Gasteiger partial charge is 0.272 e. The van der Waals surface area contributed by atoms with Crippen molar-refractivity contribution < 1.29 is 14.4 Å². The van der Waals surface area contributed by atoms with Gasteiger partial charge in [-0.1, -0.05) is 141 Å². The van der Waals surface area contributed by atoms with Crippen molar-refractivity contribution in [2.45, 2.75) is 71.0 Å². The van der Waals surface area contributed by atoms with Gasteiger partial charge in [-0.25, -0.2) is 4.99 Å². The van der Waals surface area contributed by atoms with Gasteiger partial charge in [0.25, 0.3) is 5.91 Å². The number of aliphatic imine (C=N–C) groups is 1. The first kappa shape index (κ1) is 36.3. The molecule has 4 aromatic carbocycles. The van der Waals surface area contributed by atoms with Crippen molar-refractivity contribution in [2.75, 3.05) is 4.90 Å². The minimum absolute atomic E-state index is 0.213. The highest BCUT2D eigenvalue weighted by Crippen LogP contribution is 2.36. The average Bonchev–Trinajstić information content (AvgIpc) is 3.62. The quantitative estimate of drug-likeness (QED) is 0.144. The molecule has 7 nitrogen and oxygen atoms in total. The Bertz CT molecular complexity index is 1910. The van der Waals surface area contributed by atoms with Gasteiger partial charge in [-0.3, -0.25) is 14.4 Å². The fourth-order valence-corrected chi connectivity index (χ4v) is 8.04. The summed E-state index contributed by atoms with van der Waals surface area (Å²) in [6, 6.07) is 30.6. The molecule has 9 heteroatoms. The maximum atomic E-state index is 14.8. The van der Waals surface area contributed by atoms with Crippen LogP contribution in [-0.4, -0.2) is 29.6 Å². The molecule has 51 heavy (non-hydrogen) atoms. The Hall–Kier alpha value is -4.46. The Balaban J connectivity index is 1.39. The highest BCUT2D eigenvalue weighted by molar-refractivity contribution is 6.36. The van der Waals surface area contributed by atoms with Gasteiger partial charge in [0.15, 0.2) is 0 Å². The van der Waals surface area contributed by atoms with Crippen molar-refractivity contribution in [3.05, 3.63) is 124 Å². The molecule has 4 aromatic rings. The third kappa shape index (κ3) is 8.54. The predicted molar refractivity (Wildman–Crippen MR) is 206 cm³/mol. The number of carbonyl (C=O) groups excluding carboxylic acids is 3. The number of nitrogens with zero attached hydrogens (tertiary/aromatic N) is 2. The van der Waals surface area contributed by atoms with Crippen LogP contribution in [0.5, 0.6) is 0 Å². The predicted octanol–water partition coefficient (Wildman–Crippen LogP) is 8.98. The van der Waals surface area contributed by atoms with Crippen molar-refractivity contribution >= 4 is 52.3 Å². The molecular weight excluding hydrogens is 679 g/mol. The number of benzodiazepines with no additional fused rings is 1. The summed E-state index contributed by atoms with van der Waals surface area (Å²) in [5.41, 5.74) is 11.4. The number of primary amides is 1. The van der Waals surface area contributed by atoms with Crippen LogP contribution in [0.3, 0.4) is 0 Å². The number of halogens is 2. The van der Waals surface area contributed by atoms with Crippen LogP contribution in [0.4, 0.5) is 5.69 Å². The van der Waals surface area contributed by atoms with Gasteiger partial charge in [-0.15, -0.1) is 0 Å². The second kappa shape index (κ2) is 16.7. The zero-order valence-electron chi connectivity index (χ0n) is 28.9. The number of carbonyl (C=O) groups is 3. The van der Waals surface area contributed by atoms with Gasteiger partial charge in [0.05, 0.1) is 17.9 Å². The lowest BCUT2D eigenvalue weighted by Crippen LogP contribution is -2.50. The van der Waals surface area contributed by atoms with Crippen LogP contribution in [0.25, 0.3) is 11.1 Å². The molecule has 3 atom stereocenters. The van der Waals surface area contributed by atoms with E-state index in [2.05, 4.69) is 12.2 Å². The van der Waals surface area contributed by atoms with Crippen LogP contribution < -0.4 is 16.0 Å². The Kier molecular flexibility index (Phi) is 11.9. The average molecular weight is 724 g/mol. The zero-order valence-corrected chi connectivity index (χ0v) is 30.4. The standard InChI is InChI=1S/C42H44Cl2N4O3/c1-2-3-18-33(39(45)49)35(24-27-12-7-8-13-27)41(50)47-40-42(51)48(26-28-14-11-17-30(23-28)32-22-21-31(43)25-36(32)44)37-20-10-9-19-34(37)38(46-40)29-15-5-4-6-16-29/h4-6,9-11,14-17,19-23,25,27,33,35,40H,2-3,7-8,12-13,18,24,26H2,1H3,(H2,45,49)(H,47,50)/t33-,35+,40?/m0/s1. The number of para-hydroxylation sites is 1. The number of hydrogen-bond acceptors (Lipinski definition) is 4. The Morgan fingerprint density at radius 1 is 0.882 bits per heavy atom. The number of rotatable bonds is 13. The third-order valence-electron chi connectivity index (χ3n) is 10.2. The molecule has 0 bridgehead atoms. The Morgan fingerprint density at radius 3 is 2.33 bits per heavy atom. The summed E-state index contributed by atoms with van der Waals surface area (Å²) in [6.45, 7) is 2.27. The molecule has 2 aliphatic rings. The van der Waals surface area contributed by atoms with Crippen molar-refractivity contribution in [3.8, 4) is 11.1 Å². The van der Waals surface area contributed by atoms with E-state index in [-0.39, 0.29) is 18.4 Å². The van der Waals surface area contributed by atoms with Crippen molar-refractivity contribution in [1.29, 1.82) is 0 Å². The van der Waals surface area contributed by atoms with Gasteiger partial charge >= 0.3 is 0 Å². The number of unbranched alkanes of at least 4 members (excludes halogenated alkanes) is 1. The second-order valence-corrected chi connectivity index (χ2v) is 14.5. The summed E-state index contributed by atoms with van der Waals surface area (Å²) < 4.78 is 0. The normalized spacial score (nSPS) is 17.3. The fraction of sp³-hybridized carbons (Fsp3) is 0.333. The maximum absolute atomic E-state index is 14.8. The minimum atomic E-state index is -1.24. The van der Waals surface area contributed by atoms with Crippen LogP contribution in [0.1, 0.15) is 75.0 Å². The van der Waals surface area contributed by atoms with Crippen molar-refractivity contribution in [3.63, 3.8) is 0 Å². The Labute approximate surface area is 310 Å². The molecular formula is C42H44Cl2N4O3. The molecule has 1 aliphatic carbocycles. The topological polar surface area (TPSA) is 105 Å². The molecule has 1 heterocycles. The lowest BCUT2D eigenvalue weighted by Gasteiger charge is -2.29. The van der Waals surface area contributed by atoms with E-state index in [1.807, 2.05) is 84.9 Å². The van der Waals surface area contributed by atoms with Gasteiger partial charge in [-0.2, -0.15) is 0 Å². The molecule has 1 saturated carbocycles. The molecule has 6 rings (SSSR count). The van der Waals surface area contributed by atoms with E-state index in [9.17, 15) is 14.4 Å². The minimum Gasteiger partial charge on any atom is -0.369 e. The second-order valence-electron chi connectivity index (χ2n) is 13.7. The number of nitrogens with one attached hydrogen (secondary N) is 1. The Morgan fingerprint density at radius 2 is 1.61 bits per heavy atom. The third-order valence-corrected chi connectivity index (χ3v) is 10.7. The van der Waals surface area contributed by atoms with Crippen LogP contribution in [0, 0.1) is 17.8 Å². The largest absolute Gasteiger partial charge is 0.369 e. The van der Waals surface area contributed by atoms with Crippen LogP contribution >= 0.6 is 23.2 Å². The maximum Gasteiger partial charge on any atom is 0.272 e. The van der Waals surface area contributed by atoms with E-state index in [1.54, 1.807) is 17.0 Å². The summed E-state index contributed by atoms with van der Waals surface area (Å²) in [5, 5.41) is 4.12. The summed E-state index contributed by atoms with van der Waals surface area (Å²) in [4.78, 5) is 48.8. The fourth-order valence-electron chi connectivity index (χ4n) is 7.52. The van der Waals surface area contributed by atoms with Gasteiger partial charge in [0.1, 0.15) is 0 Å². The van der Waals surface area contributed by atoms with E-state index < -0.39 is 23.9 Å². The first-order valence-electron chi connectivity index (χ1n) is 17.9. The zero-order chi connectivity index (χ0) is 35.9. The monoisotopic (exact) mass is 722 g/mol. The number of anilines is 1. The summed E-state index contributed by atoms with van der Waals surface area (Å²) in [6.07, 6.45) is 5.77. The van der Waals surface area contributed by atoms with Crippen molar-refractivity contribution in [2.24, 2.45) is 28.5 Å². The summed E-state index contributed by atoms with van der Waals surface area (Å²) in [7, 11) is 0. The number of nitrogens with two attached hydrogens (primary N) is 1. The molecule has 0 radical (unpaired) electrons. The molecule has 3 amide bonds. The van der Waals surface area contributed by atoms with Crippen LogP contribution in [0.2, 0.25) is 10.0 Å². The lowest BCUT2D eigenvalue weighted by molar-refractivity contribution is -0.136. The van der Waals surface area contributed by atoms with E-state index in [1.165, 1.54) is 0 Å². The highest BCUT2D eigenvalue weighted by Gasteiger charge is 2.39. The van der Waals surface area contributed by atoms with E-state index in [0.29, 0.717) is 40.2 Å². The lowest BCUT2D eigenvalue weighted by atomic mass is 9.80. The summed E-state index contributed by atoms with van der Waals surface area (Å²) >= 11 is 12.8. The van der Waals surface area contributed by atoms with Crippen LogP contribution in [-0.2, 0) is 20.9 Å². The van der Waals surface area contributed by atoms with Gasteiger partial charge in [-0.05, 0) is 54.2 Å². The molecule has 0 spiro atoms. The number of hydrogen-bond donors (Lipinski definition) is 2. The van der Waals surface area contributed by atoms with Crippen LogP contribution in [0.15, 0.2) is 102 Å². The molecule has 3 N–H and O–H groups in total. The number of amides is 3. The molecule has 1 fully saturated rings. The van der Waals surface area contributed by atoms with Gasteiger partial charge < -0.3 is 16.0 Å². The van der Waals surface area contributed by atoms with E-state index in [4.69, 9.17) is 33.9 Å². The molecule has 1 unspecified atom stereocenters. The van der Waals surface area contributed by atoms with Gasteiger partial charge in [0, 0.05) is 38.6 Å². The van der Waals surface area contributed by atoms with Crippen molar-refractivity contribution in [1.82, 2.24) is 5.32 Å². The first-order chi connectivity index (χ1) is 24.7. The molecule has 0 saturated heterocycles.